The molecular weight excluding hydrogens is 228 g/mol. The standard InChI is InChI=1S/C15H26O3/c1-10(2)13-8-7-12(9-16)6-4-5-11(3)14(17)15(13)18/h6,10,13-18H,3-5,7-9H2,1-2H3/b12-6+/t13?,14-,15-/m1/s1. The lowest BCUT2D eigenvalue weighted by Gasteiger charge is -2.31. The second kappa shape index (κ2) is 7.07. The van der Waals surface area contributed by atoms with Gasteiger partial charge in [0.2, 0.25) is 0 Å². The molecular formula is C15H26O3. The molecule has 0 radical (unpaired) electrons. The zero-order valence-corrected chi connectivity index (χ0v) is 11.5. The molecule has 0 aromatic carbocycles. The third kappa shape index (κ3) is 3.94. The van der Waals surface area contributed by atoms with E-state index >= 15 is 0 Å². The lowest BCUT2D eigenvalue weighted by atomic mass is 9.80. The summed E-state index contributed by atoms with van der Waals surface area (Å²) in [5.41, 5.74) is 1.71. The normalized spacial score (nSPS) is 34.2. The van der Waals surface area contributed by atoms with Gasteiger partial charge >= 0.3 is 0 Å². The van der Waals surface area contributed by atoms with E-state index in [4.69, 9.17) is 0 Å². The van der Waals surface area contributed by atoms with Crippen molar-refractivity contribution in [2.75, 3.05) is 6.61 Å². The number of allylic oxidation sites excluding steroid dienone is 1. The van der Waals surface area contributed by atoms with Crippen LogP contribution in [-0.2, 0) is 0 Å². The summed E-state index contributed by atoms with van der Waals surface area (Å²) in [6, 6.07) is 0. The van der Waals surface area contributed by atoms with Crippen LogP contribution in [0.15, 0.2) is 23.8 Å². The fourth-order valence-corrected chi connectivity index (χ4v) is 2.58. The Morgan fingerprint density at radius 3 is 2.56 bits per heavy atom. The summed E-state index contributed by atoms with van der Waals surface area (Å²) in [7, 11) is 0. The lowest BCUT2D eigenvalue weighted by Crippen LogP contribution is -2.37. The maximum atomic E-state index is 10.3. The first-order valence-corrected chi connectivity index (χ1v) is 6.80. The summed E-state index contributed by atoms with van der Waals surface area (Å²) in [5, 5.41) is 29.6. The highest BCUT2D eigenvalue weighted by molar-refractivity contribution is 5.11. The van der Waals surface area contributed by atoms with E-state index in [0.29, 0.717) is 17.9 Å². The predicted molar refractivity (Wildman–Crippen MR) is 73.1 cm³/mol. The number of hydrogen-bond donors (Lipinski definition) is 3. The highest BCUT2D eigenvalue weighted by Crippen LogP contribution is 2.29. The number of aliphatic hydroxyl groups excluding tert-OH is 3. The molecule has 0 saturated carbocycles. The molecule has 3 heteroatoms. The van der Waals surface area contributed by atoms with E-state index in [0.717, 1.165) is 24.8 Å². The molecule has 1 aliphatic rings. The van der Waals surface area contributed by atoms with Crippen molar-refractivity contribution in [3.63, 3.8) is 0 Å². The van der Waals surface area contributed by atoms with Crippen LogP contribution < -0.4 is 0 Å². The second-order valence-electron chi connectivity index (χ2n) is 5.60. The molecule has 0 amide bonds. The maximum absolute atomic E-state index is 10.3. The highest BCUT2D eigenvalue weighted by atomic mass is 16.3. The maximum Gasteiger partial charge on any atom is 0.101 e. The Kier molecular flexibility index (Phi) is 6.06. The second-order valence-corrected chi connectivity index (χ2v) is 5.60. The molecule has 3 atom stereocenters. The van der Waals surface area contributed by atoms with Crippen molar-refractivity contribution in [1.82, 2.24) is 0 Å². The molecule has 1 aliphatic carbocycles. The molecule has 0 aromatic heterocycles. The fourth-order valence-electron chi connectivity index (χ4n) is 2.58. The monoisotopic (exact) mass is 254 g/mol. The van der Waals surface area contributed by atoms with Crippen molar-refractivity contribution in [3.8, 4) is 0 Å². The smallest absolute Gasteiger partial charge is 0.101 e. The molecule has 0 aromatic rings. The molecule has 18 heavy (non-hydrogen) atoms. The van der Waals surface area contributed by atoms with Crippen LogP contribution in [0.5, 0.6) is 0 Å². The van der Waals surface area contributed by atoms with Gasteiger partial charge in [0.15, 0.2) is 0 Å². The molecule has 104 valence electrons. The third-order valence-electron chi connectivity index (χ3n) is 3.94. The van der Waals surface area contributed by atoms with E-state index < -0.39 is 12.2 Å². The molecule has 0 bridgehead atoms. The summed E-state index contributed by atoms with van der Waals surface area (Å²) >= 11 is 0. The van der Waals surface area contributed by atoms with Crippen LogP contribution in [0.4, 0.5) is 0 Å². The van der Waals surface area contributed by atoms with Crippen molar-refractivity contribution >= 4 is 0 Å². The van der Waals surface area contributed by atoms with Gasteiger partial charge in [-0.25, -0.2) is 0 Å². The molecule has 3 N–H and O–H groups in total. The highest BCUT2D eigenvalue weighted by Gasteiger charge is 2.30. The topological polar surface area (TPSA) is 60.7 Å². The zero-order valence-electron chi connectivity index (χ0n) is 11.5. The Labute approximate surface area is 110 Å². The Morgan fingerprint density at radius 1 is 1.33 bits per heavy atom. The molecule has 1 rings (SSSR count). The van der Waals surface area contributed by atoms with Crippen LogP contribution >= 0.6 is 0 Å². The summed E-state index contributed by atoms with van der Waals surface area (Å²) < 4.78 is 0. The van der Waals surface area contributed by atoms with E-state index in [2.05, 4.69) is 20.4 Å². The van der Waals surface area contributed by atoms with Crippen LogP contribution in [0.3, 0.4) is 0 Å². The molecule has 3 nitrogen and oxygen atoms in total. The number of aliphatic hydroxyl groups is 3. The van der Waals surface area contributed by atoms with Gasteiger partial charge in [-0.1, -0.05) is 26.5 Å². The summed E-state index contributed by atoms with van der Waals surface area (Å²) in [5.74, 6) is 0.326. The number of hydrogen-bond acceptors (Lipinski definition) is 3. The summed E-state index contributed by atoms with van der Waals surface area (Å²) in [6.45, 7) is 8.05. The van der Waals surface area contributed by atoms with Crippen LogP contribution in [0, 0.1) is 11.8 Å². The first-order valence-electron chi connectivity index (χ1n) is 6.80. The van der Waals surface area contributed by atoms with Gasteiger partial charge in [0, 0.05) is 0 Å². The van der Waals surface area contributed by atoms with Gasteiger partial charge in [-0.2, -0.15) is 0 Å². The minimum absolute atomic E-state index is 0.0322. The summed E-state index contributed by atoms with van der Waals surface area (Å²) in [4.78, 5) is 0. The minimum atomic E-state index is -0.832. The van der Waals surface area contributed by atoms with Gasteiger partial charge in [0.25, 0.3) is 0 Å². The fraction of sp³-hybridized carbons (Fsp3) is 0.733. The minimum Gasteiger partial charge on any atom is -0.392 e. The molecule has 0 heterocycles. The van der Waals surface area contributed by atoms with E-state index in [1.165, 1.54) is 0 Å². The molecule has 1 unspecified atom stereocenters. The van der Waals surface area contributed by atoms with Crippen molar-refractivity contribution < 1.29 is 15.3 Å². The van der Waals surface area contributed by atoms with Gasteiger partial charge in [-0.15, -0.1) is 0 Å². The third-order valence-corrected chi connectivity index (χ3v) is 3.94. The quantitative estimate of drug-likeness (QED) is 0.661. The van der Waals surface area contributed by atoms with Gasteiger partial charge in [0.1, 0.15) is 6.10 Å². The first-order chi connectivity index (χ1) is 8.47. The number of rotatable bonds is 2. The van der Waals surface area contributed by atoms with Gasteiger partial charge < -0.3 is 15.3 Å². The van der Waals surface area contributed by atoms with Crippen LogP contribution in [0.25, 0.3) is 0 Å². The molecule has 0 spiro atoms. The van der Waals surface area contributed by atoms with E-state index in [1.54, 1.807) is 0 Å². The molecule has 0 fully saturated rings. The van der Waals surface area contributed by atoms with Crippen molar-refractivity contribution in [1.29, 1.82) is 0 Å². The van der Waals surface area contributed by atoms with Crippen molar-refractivity contribution in [2.45, 2.75) is 51.7 Å². The Hall–Kier alpha value is -0.640. The lowest BCUT2D eigenvalue weighted by molar-refractivity contribution is -0.0165. The van der Waals surface area contributed by atoms with Gasteiger partial charge in [-0.05, 0) is 48.7 Å². The largest absolute Gasteiger partial charge is 0.392 e. The van der Waals surface area contributed by atoms with E-state index in [9.17, 15) is 15.3 Å². The predicted octanol–water partition coefficient (Wildman–Crippen LogP) is 2.03. The van der Waals surface area contributed by atoms with Crippen LogP contribution in [-0.4, -0.2) is 34.1 Å². The van der Waals surface area contributed by atoms with Crippen LogP contribution in [0.1, 0.15) is 39.5 Å². The van der Waals surface area contributed by atoms with Gasteiger partial charge in [-0.3, -0.25) is 0 Å². The molecule has 0 aliphatic heterocycles. The molecule has 0 saturated heterocycles. The van der Waals surface area contributed by atoms with Gasteiger partial charge in [0.05, 0.1) is 12.7 Å². The van der Waals surface area contributed by atoms with Crippen molar-refractivity contribution in [3.05, 3.63) is 23.8 Å². The van der Waals surface area contributed by atoms with E-state index in [-0.39, 0.29) is 12.5 Å². The Bertz CT molecular complexity index is 307. The van der Waals surface area contributed by atoms with E-state index in [1.807, 2.05) is 6.08 Å². The summed E-state index contributed by atoms with van der Waals surface area (Å²) in [6.07, 6.45) is 3.45. The first kappa shape index (κ1) is 15.4. The average Bonchev–Trinajstić information content (AvgIpc) is 2.34. The average molecular weight is 254 g/mol. The van der Waals surface area contributed by atoms with Crippen molar-refractivity contribution in [2.24, 2.45) is 11.8 Å². The zero-order chi connectivity index (χ0) is 13.7. The Balaban J connectivity index is 2.89. The Morgan fingerprint density at radius 2 is 2.00 bits per heavy atom. The van der Waals surface area contributed by atoms with Crippen LogP contribution in [0.2, 0.25) is 0 Å². The SMILES string of the molecule is C=C1CC/C=C(/CO)CCC(C(C)C)[C@@H](O)[C@@H]1O.